The summed E-state index contributed by atoms with van der Waals surface area (Å²) in [7, 11) is 0. The molecule has 0 radical (unpaired) electrons. The Bertz CT molecular complexity index is 600. The minimum atomic E-state index is 0.781. The van der Waals surface area contributed by atoms with E-state index in [2.05, 4.69) is 17.0 Å². The molecule has 18 heavy (non-hydrogen) atoms. The first-order valence-corrected chi connectivity index (χ1v) is 6.26. The molecule has 0 spiro atoms. The van der Waals surface area contributed by atoms with Gasteiger partial charge in [-0.05, 0) is 19.4 Å². The van der Waals surface area contributed by atoms with Gasteiger partial charge in [0.05, 0.1) is 18.3 Å². The maximum atomic E-state index is 5.60. The third-order valence-electron chi connectivity index (χ3n) is 3.25. The van der Waals surface area contributed by atoms with Crippen molar-refractivity contribution in [1.82, 2.24) is 14.9 Å². The average Bonchev–Trinajstić information content (AvgIpc) is 2.93. The van der Waals surface area contributed by atoms with Gasteiger partial charge in [0.1, 0.15) is 5.75 Å². The van der Waals surface area contributed by atoms with Crippen LogP contribution < -0.4 is 10.1 Å². The summed E-state index contributed by atoms with van der Waals surface area (Å²) >= 11 is 0. The molecule has 1 aliphatic heterocycles. The van der Waals surface area contributed by atoms with Crippen LogP contribution in [0.3, 0.4) is 0 Å². The van der Waals surface area contributed by atoms with Gasteiger partial charge in [0.2, 0.25) is 0 Å². The molecule has 4 heteroatoms. The zero-order chi connectivity index (χ0) is 12.5. The minimum Gasteiger partial charge on any atom is -0.493 e. The van der Waals surface area contributed by atoms with Gasteiger partial charge in [-0.25, -0.2) is 4.52 Å². The number of nitrogens with zero attached hydrogens (tertiary/aromatic N) is 2. The number of pyridine rings is 1. The van der Waals surface area contributed by atoms with Gasteiger partial charge in [-0.15, -0.1) is 0 Å². The predicted molar refractivity (Wildman–Crippen MR) is 70.9 cm³/mol. The third kappa shape index (κ3) is 1.83. The molecule has 2 aromatic rings. The lowest BCUT2D eigenvalue weighted by atomic mass is 10.1. The van der Waals surface area contributed by atoms with Crippen molar-refractivity contribution in [3.8, 4) is 5.75 Å². The van der Waals surface area contributed by atoms with E-state index in [4.69, 9.17) is 4.74 Å². The number of rotatable bonds is 4. The molecule has 4 nitrogen and oxygen atoms in total. The van der Waals surface area contributed by atoms with Crippen molar-refractivity contribution in [2.45, 2.75) is 19.8 Å². The maximum absolute atomic E-state index is 5.60. The molecular weight excluding hydrogens is 226 g/mol. The lowest BCUT2D eigenvalue weighted by Crippen LogP contribution is -2.13. The first kappa shape index (κ1) is 11.1. The molecule has 1 aliphatic rings. The fraction of sp³-hybridized carbons (Fsp3) is 0.357. The van der Waals surface area contributed by atoms with Crippen molar-refractivity contribution < 1.29 is 4.74 Å². The Labute approximate surface area is 106 Å². The summed E-state index contributed by atoms with van der Waals surface area (Å²) in [6.07, 6.45) is 5.85. The molecular formula is C14H17N3O. The van der Waals surface area contributed by atoms with E-state index >= 15 is 0 Å². The highest BCUT2D eigenvalue weighted by molar-refractivity contribution is 5.66. The second-order valence-corrected chi connectivity index (χ2v) is 4.68. The van der Waals surface area contributed by atoms with Crippen LogP contribution in [-0.2, 0) is 12.8 Å². The van der Waals surface area contributed by atoms with E-state index in [1.165, 1.54) is 16.6 Å². The molecule has 0 aromatic carbocycles. The number of aromatic nitrogens is 2. The summed E-state index contributed by atoms with van der Waals surface area (Å²) < 4.78 is 7.55. The zero-order valence-corrected chi connectivity index (χ0v) is 10.6. The van der Waals surface area contributed by atoms with Crippen molar-refractivity contribution in [2.24, 2.45) is 0 Å². The highest BCUT2D eigenvalue weighted by Gasteiger charge is 2.18. The Kier molecular flexibility index (Phi) is 2.70. The second-order valence-electron chi connectivity index (χ2n) is 4.68. The molecule has 0 saturated carbocycles. The lowest BCUT2D eigenvalue weighted by molar-refractivity contribution is 0.356. The summed E-state index contributed by atoms with van der Waals surface area (Å²) in [6.45, 7) is 7.49. The van der Waals surface area contributed by atoms with Gasteiger partial charge in [-0.3, -0.25) is 0 Å². The second kappa shape index (κ2) is 4.37. The highest BCUT2D eigenvalue weighted by atomic mass is 16.5. The minimum absolute atomic E-state index is 0.781. The highest BCUT2D eigenvalue weighted by Crippen LogP contribution is 2.30. The molecule has 0 aliphatic carbocycles. The summed E-state index contributed by atoms with van der Waals surface area (Å²) in [5.41, 5.74) is 4.78. The molecule has 2 aromatic heterocycles. The number of hydrogen-bond acceptors (Lipinski definition) is 3. The lowest BCUT2D eigenvalue weighted by Gasteiger charge is -2.06. The standard InChI is InChI=1S/C14H17N3O/c1-10(2)15-6-3-11-9-16-17-7-4-13-12(14(11)17)5-8-18-13/h4,7,9,15H,1,3,5-6,8H2,2H3. The molecule has 1 N–H and O–H groups in total. The molecule has 0 amide bonds. The first-order valence-electron chi connectivity index (χ1n) is 6.26. The van der Waals surface area contributed by atoms with Crippen LogP contribution in [0.4, 0.5) is 0 Å². The monoisotopic (exact) mass is 243 g/mol. The normalized spacial score (nSPS) is 13.4. The Balaban J connectivity index is 1.93. The molecule has 0 fully saturated rings. The van der Waals surface area contributed by atoms with Crippen molar-refractivity contribution in [1.29, 1.82) is 0 Å². The zero-order valence-electron chi connectivity index (χ0n) is 10.6. The number of ether oxygens (including phenoxy) is 1. The van der Waals surface area contributed by atoms with Gasteiger partial charge in [-0.1, -0.05) is 6.58 Å². The van der Waals surface area contributed by atoms with Gasteiger partial charge < -0.3 is 10.1 Å². The van der Waals surface area contributed by atoms with Crippen LogP contribution in [0.5, 0.6) is 5.75 Å². The molecule has 3 heterocycles. The molecule has 94 valence electrons. The Morgan fingerprint density at radius 2 is 2.50 bits per heavy atom. The van der Waals surface area contributed by atoms with E-state index in [-0.39, 0.29) is 0 Å². The van der Waals surface area contributed by atoms with Crippen LogP contribution in [0.2, 0.25) is 0 Å². The van der Waals surface area contributed by atoms with Crippen molar-refractivity contribution >= 4 is 5.52 Å². The van der Waals surface area contributed by atoms with Gasteiger partial charge in [0, 0.05) is 36.0 Å². The van der Waals surface area contributed by atoms with Crippen LogP contribution in [0.25, 0.3) is 5.52 Å². The number of allylic oxidation sites excluding steroid dienone is 1. The number of hydrogen-bond donors (Lipinski definition) is 1. The van der Waals surface area contributed by atoms with Crippen LogP contribution in [-0.4, -0.2) is 22.8 Å². The number of fused-ring (bicyclic) bond motifs is 3. The van der Waals surface area contributed by atoms with Crippen LogP contribution in [0.15, 0.2) is 30.7 Å². The topological polar surface area (TPSA) is 38.6 Å². The van der Waals surface area contributed by atoms with E-state index in [9.17, 15) is 0 Å². The van der Waals surface area contributed by atoms with Gasteiger partial charge in [0.15, 0.2) is 0 Å². The van der Waals surface area contributed by atoms with Gasteiger partial charge in [0.25, 0.3) is 0 Å². The molecule has 0 atom stereocenters. The molecule has 0 saturated heterocycles. The van der Waals surface area contributed by atoms with Crippen molar-refractivity contribution in [2.75, 3.05) is 13.2 Å². The fourth-order valence-electron chi connectivity index (χ4n) is 2.43. The summed E-state index contributed by atoms with van der Waals surface area (Å²) in [6, 6.07) is 2.00. The van der Waals surface area contributed by atoms with E-state index in [0.717, 1.165) is 37.4 Å². The SMILES string of the molecule is C=C(C)NCCc1cnn2ccc3c(c12)CCO3. The number of nitrogens with one attached hydrogen (secondary N) is 1. The smallest absolute Gasteiger partial charge is 0.126 e. The fourth-order valence-corrected chi connectivity index (χ4v) is 2.43. The first-order chi connectivity index (χ1) is 8.75. The Morgan fingerprint density at radius 1 is 1.61 bits per heavy atom. The molecule has 0 bridgehead atoms. The predicted octanol–water partition coefficient (Wildman–Crippen LogP) is 1.93. The van der Waals surface area contributed by atoms with Crippen LogP contribution in [0.1, 0.15) is 18.1 Å². The third-order valence-corrected chi connectivity index (χ3v) is 3.25. The summed E-state index contributed by atoms with van der Waals surface area (Å²) in [5, 5.41) is 7.66. The summed E-state index contributed by atoms with van der Waals surface area (Å²) in [5.74, 6) is 1.01. The van der Waals surface area contributed by atoms with Crippen molar-refractivity contribution in [3.05, 3.63) is 41.9 Å². The Morgan fingerprint density at radius 3 is 3.33 bits per heavy atom. The van der Waals surface area contributed by atoms with E-state index in [0.29, 0.717) is 0 Å². The van der Waals surface area contributed by atoms with Gasteiger partial charge >= 0.3 is 0 Å². The van der Waals surface area contributed by atoms with Crippen LogP contribution in [0, 0.1) is 0 Å². The Hall–Kier alpha value is -1.97. The maximum Gasteiger partial charge on any atom is 0.126 e. The van der Waals surface area contributed by atoms with E-state index in [1.807, 2.05) is 29.9 Å². The van der Waals surface area contributed by atoms with Gasteiger partial charge in [-0.2, -0.15) is 5.10 Å². The molecule has 0 unspecified atom stereocenters. The average molecular weight is 243 g/mol. The largest absolute Gasteiger partial charge is 0.493 e. The van der Waals surface area contributed by atoms with Crippen molar-refractivity contribution in [3.63, 3.8) is 0 Å². The van der Waals surface area contributed by atoms with E-state index < -0.39 is 0 Å². The quantitative estimate of drug-likeness (QED) is 0.891. The molecule has 3 rings (SSSR count). The summed E-state index contributed by atoms with van der Waals surface area (Å²) in [4.78, 5) is 0. The van der Waals surface area contributed by atoms with Crippen LogP contribution >= 0.6 is 0 Å². The van der Waals surface area contributed by atoms with E-state index in [1.54, 1.807) is 0 Å².